The minimum absolute atomic E-state index is 0.394. The highest BCUT2D eigenvalue weighted by atomic mass is 14.5. The van der Waals surface area contributed by atoms with Crippen LogP contribution in [0.3, 0.4) is 0 Å². The van der Waals surface area contributed by atoms with Crippen LogP contribution >= 0.6 is 0 Å². The lowest BCUT2D eigenvalue weighted by atomic mass is 9.66. The number of hydrogen-bond acceptors (Lipinski definition) is 0. The zero-order valence-corrected chi connectivity index (χ0v) is 8.86. The molecule has 0 spiro atoms. The van der Waals surface area contributed by atoms with E-state index in [1.807, 2.05) is 0 Å². The summed E-state index contributed by atoms with van der Waals surface area (Å²) in [5.41, 5.74) is 7.34. The van der Waals surface area contributed by atoms with E-state index >= 15 is 0 Å². The topological polar surface area (TPSA) is 0 Å². The zero-order chi connectivity index (χ0) is 9.43. The summed E-state index contributed by atoms with van der Waals surface area (Å²) in [7, 11) is 0. The minimum Gasteiger partial charge on any atom is -0.0584 e. The van der Waals surface area contributed by atoms with Gasteiger partial charge in [-0.15, -0.1) is 0 Å². The second kappa shape index (κ2) is 1.70. The van der Waals surface area contributed by atoms with Gasteiger partial charge in [0, 0.05) is 5.41 Å². The van der Waals surface area contributed by atoms with Crippen molar-refractivity contribution in [3.63, 3.8) is 0 Å². The fourth-order valence-corrected chi connectivity index (χ4v) is 3.04. The van der Waals surface area contributed by atoms with E-state index in [9.17, 15) is 0 Å². The fourth-order valence-electron chi connectivity index (χ4n) is 3.04. The van der Waals surface area contributed by atoms with Crippen LogP contribution in [0.15, 0.2) is 12.1 Å². The van der Waals surface area contributed by atoms with Gasteiger partial charge in [0.15, 0.2) is 0 Å². The molecular weight excluding hydrogens is 156 g/mol. The van der Waals surface area contributed by atoms with Gasteiger partial charge in [0.2, 0.25) is 0 Å². The molecule has 0 saturated heterocycles. The maximum Gasteiger partial charge on any atom is 0.0155 e. The van der Waals surface area contributed by atoms with E-state index in [4.69, 9.17) is 0 Å². The average Bonchev–Trinajstić information content (AvgIpc) is 2.51. The quantitative estimate of drug-likeness (QED) is 0.564. The molecule has 0 aliphatic heterocycles. The molecule has 68 valence electrons. The fraction of sp³-hybridized carbons (Fsp3) is 0.538. The van der Waals surface area contributed by atoms with Gasteiger partial charge in [-0.1, -0.05) is 39.8 Å². The first-order valence-electron chi connectivity index (χ1n) is 5.12. The van der Waals surface area contributed by atoms with Gasteiger partial charge in [-0.3, -0.25) is 0 Å². The van der Waals surface area contributed by atoms with Gasteiger partial charge < -0.3 is 0 Å². The lowest BCUT2D eigenvalue weighted by molar-refractivity contribution is 0.451. The summed E-state index contributed by atoms with van der Waals surface area (Å²) < 4.78 is 0. The molecule has 0 heterocycles. The Morgan fingerprint density at radius 3 is 2.23 bits per heavy atom. The van der Waals surface area contributed by atoms with Crippen LogP contribution in [0.25, 0.3) is 0 Å². The van der Waals surface area contributed by atoms with Crippen molar-refractivity contribution in [3.05, 3.63) is 34.4 Å². The van der Waals surface area contributed by atoms with E-state index in [0.717, 1.165) is 0 Å². The van der Waals surface area contributed by atoms with Gasteiger partial charge in [0.25, 0.3) is 0 Å². The number of hydrogen-bond donors (Lipinski definition) is 0. The van der Waals surface area contributed by atoms with E-state index in [0.29, 0.717) is 10.8 Å². The Morgan fingerprint density at radius 2 is 1.69 bits per heavy atom. The molecule has 0 radical (unpaired) electrons. The summed E-state index contributed by atoms with van der Waals surface area (Å²) in [6.07, 6.45) is 1.27. The second-order valence-electron chi connectivity index (χ2n) is 5.71. The van der Waals surface area contributed by atoms with Crippen molar-refractivity contribution in [1.29, 1.82) is 0 Å². The van der Waals surface area contributed by atoms with Crippen LogP contribution < -0.4 is 0 Å². The molecular formula is C13H16. The van der Waals surface area contributed by atoms with Crippen LogP contribution in [0.4, 0.5) is 0 Å². The number of rotatable bonds is 0. The van der Waals surface area contributed by atoms with Gasteiger partial charge in [0.05, 0.1) is 0 Å². The largest absolute Gasteiger partial charge is 0.0584 e. The van der Waals surface area contributed by atoms with E-state index in [1.165, 1.54) is 6.42 Å². The first kappa shape index (κ1) is 7.61. The van der Waals surface area contributed by atoms with Crippen molar-refractivity contribution in [3.8, 4) is 0 Å². The highest BCUT2D eigenvalue weighted by molar-refractivity contribution is 5.68. The molecule has 0 saturated carbocycles. The Kier molecular flexibility index (Phi) is 0.998. The monoisotopic (exact) mass is 172 g/mol. The predicted octanol–water partition coefficient (Wildman–Crippen LogP) is 3.16. The van der Waals surface area contributed by atoms with Gasteiger partial charge in [0.1, 0.15) is 0 Å². The van der Waals surface area contributed by atoms with Crippen LogP contribution in [0, 0.1) is 0 Å². The summed E-state index contributed by atoms with van der Waals surface area (Å²) in [6.45, 7) is 9.41. The molecule has 0 atom stereocenters. The molecule has 2 aliphatic rings. The van der Waals surface area contributed by atoms with Gasteiger partial charge in [-0.25, -0.2) is 0 Å². The molecule has 0 bridgehead atoms. The van der Waals surface area contributed by atoms with Crippen LogP contribution in [0.1, 0.15) is 49.9 Å². The van der Waals surface area contributed by atoms with E-state index in [1.54, 1.807) is 22.3 Å². The predicted molar refractivity (Wildman–Crippen MR) is 55.3 cm³/mol. The van der Waals surface area contributed by atoms with E-state index < -0.39 is 0 Å². The smallest absolute Gasteiger partial charge is 0.0155 e. The molecule has 0 aromatic heterocycles. The van der Waals surface area contributed by atoms with Gasteiger partial charge in [-0.05, 0) is 34.1 Å². The van der Waals surface area contributed by atoms with Gasteiger partial charge >= 0.3 is 0 Å². The lowest BCUT2D eigenvalue weighted by Crippen LogP contribution is -2.32. The Morgan fingerprint density at radius 1 is 1.00 bits per heavy atom. The third-order valence-electron chi connectivity index (χ3n) is 3.84. The van der Waals surface area contributed by atoms with Crippen molar-refractivity contribution in [2.45, 2.75) is 44.9 Å². The van der Waals surface area contributed by atoms with Crippen molar-refractivity contribution in [1.82, 2.24) is 0 Å². The maximum absolute atomic E-state index is 2.37. The highest BCUT2D eigenvalue weighted by Gasteiger charge is 2.50. The molecule has 2 aliphatic carbocycles. The number of benzene rings is 1. The first-order valence-corrected chi connectivity index (χ1v) is 5.12. The molecule has 13 heavy (non-hydrogen) atoms. The van der Waals surface area contributed by atoms with Crippen molar-refractivity contribution in [2.75, 3.05) is 0 Å². The summed E-state index contributed by atoms with van der Waals surface area (Å²) in [5, 5.41) is 0. The average molecular weight is 172 g/mol. The maximum atomic E-state index is 2.37. The van der Waals surface area contributed by atoms with Crippen molar-refractivity contribution in [2.24, 2.45) is 0 Å². The molecule has 0 N–H and O–H groups in total. The summed E-state index contributed by atoms with van der Waals surface area (Å²) in [5.74, 6) is 0. The Hall–Kier alpha value is -0.780. The molecule has 1 aromatic carbocycles. The molecule has 0 amide bonds. The molecule has 0 heteroatoms. The van der Waals surface area contributed by atoms with E-state index in [-0.39, 0.29) is 0 Å². The van der Waals surface area contributed by atoms with Crippen LogP contribution in [-0.2, 0) is 17.3 Å². The summed E-state index contributed by atoms with van der Waals surface area (Å²) in [6, 6.07) is 4.65. The second-order valence-corrected chi connectivity index (χ2v) is 5.71. The Balaban J connectivity index is 2.26. The molecule has 1 aromatic rings. The van der Waals surface area contributed by atoms with Crippen LogP contribution in [0.2, 0.25) is 0 Å². The zero-order valence-electron chi connectivity index (χ0n) is 8.86. The molecule has 0 unspecified atom stereocenters. The van der Waals surface area contributed by atoms with Crippen LogP contribution in [-0.4, -0.2) is 0 Å². The van der Waals surface area contributed by atoms with Crippen molar-refractivity contribution >= 4 is 0 Å². The van der Waals surface area contributed by atoms with Crippen molar-refractivity contribution < 1.29 is 0 Å². The Bertz CT molecular complexity index is 408. The van der Waals surface area contributed by atoms with E-state index in [2.05, 4.69) is 39.8 Å². The minimum atomic E-state index is 0.394. The standard InChI is InChI=1S/C13H16/c1-12(2)7-8-5-6-9-11(10(8)12)13(9,3)4/h5-6H,7H2,1-4H3. The third kappa shape index (κ3) is 0.688. The molecule has 3 rings (SSSR count). The lowest BCUT2D eigenvalue weighted by Gasteiger charge is -2.38. The first-order chi connectivity index (χ1) is 5.94. The molecule has 0 nitrogen and oxygen atoms in total. The summed E-state index contributed by atoms with van der Waals surface area (Å²) >= 11 is 0. The number of fused-ring (bicyclic) bond motifs is 3. The highest BCUT2D eigenvalue weighted by Crippen LogP contribution is 2.58. The normalized spacial score (nSPS) is 24.3. The Labute approximate surface area is 80.0 Å². The molecule has 0 fully saturated rings. The SMILES string of the molecule is CC1(C)Cc2ccc3c(c21)C3(C)C. The third-order valence-corrected chi connectivity index (χ3v) is 3.84. The van der Waals surface area contributed by atoms with Crippen LogP contribution in [0.5, 0.6) is 0 Å². The van der Waals surface area contributed by atoms with Gasteiger partial charge in [-0.2, -0.15) is 0 Å². The summed E-state index contributed by atoms with van der Waals surface area (Å²) in [4.78, 5) is 0.